The molecule has 0 aliphatic heterocycles. The van der Waals surface area contributed by atoms with Gasteiger partial charge in [0.05, 0.1) is 28.3 Å². The number of fused-ring (bicyclic) bond motifs is 1. The van der Waals surface area contributed by atoms with E-state index < -0.39 is 20.1 Å². The van der Waals surface area contributed by atoms with Crippen molar-refractivity contribution in [1.29, 1.82) is 5.41 Å². The number of nitrogens with zero attached hydrogens (tertiary/aromatic N) is 4. The van der Waals surface area contributed by atoms with Gasteiger partial charge in [-0.05, 0) is 54.4 Å². The highest BCUT2D eigenvalue weighted by Crippen LogP contribution is 2.38. The second kappa shape index (κ2) is 13.5. The van der Waals surface area contributed by atoms with E-state index in [1.54, 1.807) is 31.7 Å². The van der Waals surface area contributed by atoms with Crippen LogP contribution in [0, 0.1) is 5.41 Å². The zero-order valence-corrected chi connectivity index (χ0v) is 26.4. The van der Waals surface area contributed by atoms with Crippen LogP contribution in [-0.2, 0) is 0 Å². The minimum absolute atomic E-state index is 0.138. The molecule has 2 aromatic carbocycles. The lowest BCUT2D eigenvalue weighted by Gasteiger charge is -2.23. The third kappa shape index (κ3) is 7.31. The highest BCUT2D eigenvalue weighted by molar-refractivity contribution is 9.10. The van der Waals surface area contributed by atoms with Crippen LogP contribution < -0.4 is 31.3 Å². The Bertz CT molecular complexity index is 1670. The van der Waals surface area contributed by atoms with Gasteiger partial charge in [-0.2, -0.15) is 18.2 Å². The van der Waals surface area contributed by atoms with Crippen LogP contribution in [0.4, 0.5) is 42.0 Å². The fourth-order valence-electron chi connectivity index (χ4n) is 4.21. The molecule has 4 aromatic rings. The van der Waals surface area contributed by atoms with Crippen LogP contribution in [0.25, 0.3) is 16.6 Å². The maximum atomic E-state index is 13.4. The average Bonchev–Trinajstić information content (AvgIpc) is 2.97. The molecule has 0 saturated carbocycles. The number of ether oxygens (including phenoxy) is 1. The van der Waals surface area contributed by atoms with E-state index in [-0.39, 0.29) is 17.4 Å². The number of aromatic nitrogens is 4. The van der Waals surface area contributed by atoms with Crippen molar-refractivity contribution in [3.05, 3.63) is 59.1 Å². The Morgan fingerprint density at radius 1 is 1.07 bits per heavy atom. The molecule has 0 radical (unpaired) electrons. The summed E-state index contributed by atoms with van der Waals surface area (Å²) in [5.41, 5.74) is 3.63. The van der Waals surface area contributed by atoms with Crippen molar-refractivity contribution in [2.24, 2.45) is 0 Å². The van der Waals surface area contributed by atoms with Crippen molar-refractivity contribution in [1.82, 2.24) is 25.3 Å². The van der Waals surface area contributed by atoms with Crippen LogP contribution >= 0.6 is 23.9 Å². The van der Waals surface area contributed by atoms with Gasteiger partial charge in [0.15, 0.2) is 0 Å². The number of hydrogen-bond donors (Lipinski definition) is 5. The number of rotatable bonds is 11. The van der Waals surface area contributed by atoms with Crippen molar-refractivity contribution < 1.29 is 17.9 Å². The first-order valence-electron chi connectivity index (χ1n) is 12.9. The summed E-state index contributed by atoms with van der Waals surface area (Å²) in [7, 11) is 2.47. The third-order valence-electron chi connectivity index (χ3n) is 6.27. The molecule has 2 heterocycles. The topological polar surface area (TPSA) is 133 Å². The van der Waals surface area contributed by atoms with Gasteiger partial charge < -0.3 is 31.4 Å². The van der Waals surface area contributed by atoms with Crippen LogP contribution in [0.3, 0.4) is 0 Å². The van der Waals surface area contributed by atoms with Crippen LogP contribution in [0.15, 0.2) is 53.5 Å². The molecule has 1 atom stereocenters. The summed E-state index contributed by atoms with van der Waals surface area (Å²) in [6.07, 6.45) is 2.98. The third-order valence-corrected chi connectivity index (χ3v) is 8.20. The van der Waals surface area contributed by atoms with Gasteiger partial charge in [-0.15, -0.1) is 0 Å². The Balaban J connectivity index is 1.75. The number of halogens is 4. The van der Waals surface area contributed by atoms with Gasteiger partial charge in [-0.25, -0.2) is 4.98 Å². The summed E-state index contributed by atoms with van der Waals surface area (Å²) in [5.74, 6) is 0.921. The van der Waals surface area contributed by atoms with E-state index in [1.807, 2.05) is 12.1 Å². The summed E-state index contributed by atoms with van der Waals surface area (Å²) in [6.45, 7) is 5.29. The van der Waals surface area contributed by atoms with Crippen LogP contribution in [0.1, 0.15) is 12.5 Å². The lowest BCUT2D eigenvalue weighted by molar-refractivity contribution is -0.138. The molecule has 10 nitrogen and oxygen atoms in total. The number of alkyl halides is 3. The number of hydrogen-bond acceptors (Lipinski definition) is 10. The normalized spacial score (nSPS) is 12.7. The Kier molecular flexibility index (Phi) is 10.0. The lowest BCUT2D eigenvalue weighted by Crippen LogP contribution is -2.33. The van der Waals surface area contributed by atoms with Gasteiger partial charge in [0.25, 0.3) is 0 Å². The molecule has 0 saturated heterocycles. The molecule has 15 heteroatoms. The molecular formula is C28H30BrF3N9OP. The first-order valence-corrected chi connectivity index (χ1v) is 15.9. The van der Waals surface area contributed by atoms with Gasteiger partial charge in [-0.3, -0.25) is 9.97 Å². The van der Waals surface area contributed by atoms with E-state index in [0.29, 0.717) is 27.1 Å². The zero-order valence-electron chi connectivity index (χ0n) is 23.9. The molecule has 0 fully saturated rings. The summed E-state index contributed by atoms with van der Waals surface area (Å²) >= 11 is 3.52. The van der Waals surface area contributed by atoms with Gasteiger partial charge in [0, 0.05) is 71.9 Å². The zero-order chi connectivity index (χ0) is 31.3. The molecule has 43 heavy (non-hydrogen) atoms. The van der Waals surface area contributed by atoms with Crippen molar-refractivity contribution in [2.75, 3.05) is 43.4 Å². The Morgan fingerprint density at radius 2 is 1.81 bits per heavy atom. The van der Waals surface area contributed by atoms with Gasteiger partial charge in [0.1, 0.15) is 17.6 Å². The smallest absolute Gasteiger partial charge is 0.408 e. The SMILES string of the molecule is CN/C=C(\C=N)c1cc(Nc2ncc(Br)c(Nc3ccc4nccnc4c3P(C)C)n2)c(OC)cc1NC(C)C(F)(F)F. The minimum atomic E-state index is -4.48. The van der Waals surface area contributed by atoms with Crippen LogP contribution in [-0.4, -0.2) is 65.9 Å². The van der Waals surface area contributed by atoms with E-state index in [2.05, 4.69) is 70.5 Å². The monoisotopic (exact) mass is 675 g/mol. The molecule has 2 aromatic heterocycles. The number of benzene rings is 2. The molecule has 226 valence electrons. The molecule has 0 amide bonds. The van der Waals surface area contributed by atoms with Gasteiger partial charge in [0.2, 0.25) is 5.95 Å². The Morgan fingerprint density at radius 3 is 2.47 bits per heavy atom. The largest absolute Gasteiger partial charge is 0.494 e. The molecule has 1 unspecified atom stereocenters. The van der Waals surface area contributed by atoms with E-state index >= 15 is 0 Å². The molecule has 0 aliphatic carbocycles. The van der Waals surface area contributed by atoms with Crippen molar-refractivity contribution in [2.45, 2.75) is 19.1 Å². The van der Waals surface area contributed by atoms with Crippen molar-refractivity contribution in [3.63, 3.8) is 0 Å². The second-order valence-corrected chi connectivity index (χ2v) is 12.5. The van der Waals surface area contributed by atoms with Crippen LogP contribution in [0.2, 0.25) is 0 Å². The molecule has 0 bridgehead atoms. The lowest BCUT2D eigenvalue weighted by atomic mass is 10.0. The van der Waals surface area contributed by atoms with E-state index in [1.165, 1.54) is 19.4 Å². The Labute approximate surface area is 256 Å². The minimum Gasteiger partial charge on any atom is -0.494 e. The standard InChI is InChI=1S/C28H30BrF3N9OP/c1-15(28(30,31)32)38-21-11-23(42-3)22(10-17(21)16(12-33)13-34-2)40-27-37-14-18(29)26(41-27)39-20-7-6-19-24(25(20)43(4)5)36-9-8-35-19/h6-15,33-34,38H,1-5H3,(H2,37,39,40,41)/b16-13+,33-12?. The second-order valence-electron chi connectivity index (χ2n) is 9.46. The first-order chi connectivity index (χ1) is 20.5. The van der Waals surface area contributed by atoms with Crippen molar-refractivity contribution in [3.8, 4) is 5.75 Å². The molecular weight excluding hydrogens is 646 g/mol. The predicted octanol–water partition coefficient (Wildman–Crippen LogP) is 6.62. The average molecular weight is 676 g/mol. The van der Waals surface area contributed by atoms with Crippen LogP contribution in [0.5, 0.6) is 5.75 Å². The molecule has 5 N–H and O–H groups in total. The first kappa shape index (κ1) is 31.9. The summed E-state index contributed by atoms with van der Waals surface area (Å²) in [6, 6.07) is 5.00. The maximum absolute atomic E-state index is 13.4. The van der Waals surface area contributed by atoms with Crippen molar-refractivity contribution >= 4 is 80.8 Å². The number of methoxy groups -OCH3 is 1. The predicted molar refractivity (Wildman–Crippen MR) is 172 cm³/mol. The molecule has 4 rings (SSSR count). The quantitative estimate of drug-likeness (QED) is 0.0879. The van der Waals surface area contributed by atoms with E-state index in [9.17, 15) is 13.2 Å². The summed E-state index contributed by atoms with van der Waals surface area (Å²) in [5, 5.41) is 20.7. The summed E-state index contributed by atoms with van der Waals surface area (Å²) in [4.78, 5) is 18.0. The fraction of sp³-hybridized carbons (Fsp3) is 0.250. The molecule has 0 spiro atoms. The van der Waals surface area contributed by atoms with Gasteiger partial charge >= 0.3 is 6.18 Å². The van der Waals surface area contributed by atoms with Gasteiger partial charge in [-0.1, -0.05) is 7.92 Å². The van der Waals surface area contributed by atoms with E-state index in [0.717, 1.165) is 35.2 Å². The molecule has 0 aliphatic rings. The number of allylic oxidation sites excluding steroid dienone is 1. The fourth-order valence-corrected chi connectivity index (χ4v) is 5.71. The highest BCUT2D eigenvalue weighted by Gasteiger charge is 2.36. The number of anilines is 5. The Hall–Kier alpha value is -4.03. The number of nitrogens with one attached hydrogen (secondary N) is 5. The maximum Gasteiger partial charge on any atom is 0.408 e. The van der Waals surface area contributed by atoms with E-state index in [4.69, 9.17) is 10.1 Å². The highest BCUT2D eigenvalue weighted by atomic mass is 79.9. The summed E-state index contributed by atoms with van der Waals surface area (Å²) < 4.78 is 46.4.